The van der Waals surface area contributed by atoms with Crippen molar-refractivity contribution >= 4 is 24.8 Å². The molecule has 0 aliphatic carbocycles. The van der Waals surface area contributed by atoms with Crippen LogP contribution in [0, 0.1) is 11.8 Å². The Labute approximate surface area is 206 Å². The second-order valence-electron chi connectivity index (χ2n) is 11.5. The molecule has 2 aromatic rings. The van der Waals surface area contributed by atoms with E-state index in [9.17, 15) is 9.90 Å². The molecule has 1 amide bonds. The number of aliphatic hydroxyl groups excluding tert-OH is 1. The standard InChI is InChI=1S/C28H41NO4Si/c1-21(25-19-29(18-22(25)20-30)26(31)32-27(2,3)4)33-34(28(5,6)7,23-14-10-8-11-15-23)24-16-12-9-13-17-24/h8-17,21-22,25,30H,18-20H2,1-7H3/t21-,22?,25?/m0/s1. The lowest BCUT2D eigenvalue weighted by Gasteiger charge is -2.46. The van der Waals surface area contributed by atoms with Crippen LogP contribution in [0.2, 0.25) is 5.04 Å². The van der Waals surface area contributed by atoms with Crippen molar-refractivity contribution in [1.29, 1.82) is 0 Å². The van der Waals surface area contributed by atoms with E-state index in [0.717, 1.165) is 0 Å². The Morgan fingerprint density at radius 1 is 0.971 bits per heavy atom. The van der Waals surface area contributed by atoms with Crippen LogP contribution in [0.4, 0.5) is 4.79 Å². The molecule has 6 heteroatoms. The van der Waals surface area contributed by atoms with E-state index in [-0.39, 0.29) is 35.7 Å². The second kappa shape index (κ2) is 10.2. The average molecular weight is 484 g/mol. The highest BCUT2D eigenvalue weighted by Gasteiger charge is 2.52. The van der Waals surface area contributed by atoms with Gasteiger partial charge in [-0.15, -0.1) is 0 Å². The molecule has 0 saturated carbocycles. The Kier molecular flexibility index (Phi) is 7.95. The van der Waals surface area contributed by atoms with Gasteiger partial charge in [-0.3, -0.25) is 0 Å². The van der Waals surface area contributed by atoms with Crippen LogP contribution in [-0.2, 0) is 9.16 Å². The van der Waals surface area contributed by atoms with E-state index in [2.05, 4.69) is 76.2 Å². The Morgan fingerprint density at radius 3 is 1.88 bits per heavy atom. The minimum atomic E-state index is -2.73. The van der Waals surface area contributed by atoms with Crippen LogP contribution in [0.1, 0.15) is 48.5 Å². The van der Waals surface area contributed by atoms with Crippen LogP contribution in [0.3, 0.4) is 0 Å². The summed E-state index contributed by atoms with van der Waals surface area (Å²) in [6.45, 7) is 15.5. The van der Waals surface area contributed by atoms with Crippen molar-refractivity contribution in [2.24, 2.45) is 11.8 Å². The van der Waals surface area contributed by atoms with Gasteiger partial charge >= 0.3 is 6.09 Å². The number of aliphatic hydroxyl groups is 1. The van der Waals surface area contributed by atoms with Gasteiger partial charge in [0.2, 0.25) is 0 Å². The highest BCUT2D eigenvalue weighted by molar-refractivity contribution is 6.99. The minimum Gasteiger partial charge on any atom is -0.444 e. The molecule has 0 bridgehead atoms. The van der Waals surface area contributed by atoms with Gasteiger partial charge in [0.05, 0.1) is 0 Å². The summed E-state index contributed by atoms with van der Waals surface area (Å²) >= 11 is 0. The van der Waals surface area contributed by atoms with Crippen molar-refractivity contribution in [1.82, 2.24) is 4.90 Å². The normalized spacial score (nSPS) is 20.3. The molecule has 0 radical (unpaired) electrons. The zero-order valence-electron chi connectivity index (χ0n) is 21.7. The number of likely N-dealkylation sites (tertiary alicyclic amines) is 1. The SMILES string of the molecule is C[C@H](O[Si](c1ccccc1)(c1ccccc1)C(C)(C)C)C1CN(C(=O)OC(C)(C)C)CC1CO. The molecular formula is C28H41NO4Si. The van der Waals surface area contributed by atoms with Gasteiger partial charge in [-0.25, -0.2) is 4.79 Å². The molecular weight excluding hydrogens is 442 g/mol. The Balaban J connectivity index is 1.97. The number of amides is 1. The third-order valence-electron chi connectivity index (χ3n) is 6.76. The molecule has 1 heterocycles. The highest BCUT2D eigenvalue weighted by Crippen LogP contribution is 2.40. The van der Waals surface area contributed by atoms with Crippen molar-refractivity contribution in [3.05, 3.63) is 60.7 Å². The van der Waals surface area contributed by atoms with Gasteiger partial charge in [-0.05, 0) is 43.1 Å². The molecule has 3 rings (SSSR count). The number of benzene rings is 2. The molecule has 34 heavy (non-hydrogen) atoms. The summed E-state index contributed by atoms with van der Waals surface area (Å²) in [6, 6.07) is 21.1. The Hall–Kier alpha value is -2.15. The summed E-state index contributed by atoms with van der Waals surface area (Å²) < 4.78 is 12.9. The molecule has 3 atom stereocenters. The minimum absolute atomic E-state index is 0.0123. The summed E-state index contributed by atoms with van der Waals surface area (Å²) in [4.78, 5) is 14.5. The summed E-state index contributed by atoms with van der Waals surface area (Å²) in [5.74, 6) is -0.0418. The lowest BCUT2D eigenvalue weighted by molar-refractivity contribution is 0.0274. The van der Waals surface area contributed by atoms with Crippen LogP contribution in [0.15, 0.2) is 60.7 Å². The first-order valence-corrected chi connectivity index (χ1v) is 14.2. The number of rotatable bonds is 6. The van der Waals surface area contributed by atoms with E-state index in [1.807, 2.05) is 32.9 Å². The summed E-state index contributed by atoms with van der Waals surface area (Å²) in [5.41, 5.74) is -0.555. The summed E-state index contributed by atoms with van der Waals surface area (Å²) in [5, 5.41) is 12.5. The maximum Gasteiger partial charge on any atom is 0.410 e. The molecule has 2 aromatic carbocycles. The Morgan fingerprint density at radius 2 is 1.47 bits per heavy atom. The second-order valence-corrected chi connectivity index (χ2v) is 15.7. The van der Waals surface area contributed by atoms with E-state index >= 15 is 0 Å². The molecule has 5 nitrogen and oxygen atoms in total. The fourth-order valence-electron chi connectivity index (χ4n) is 5.15. The first-order chi connectivity index (χ1) is 15.9. The van der Waals surface area contributed by atoms with E-state index < -0.39 is 13.9 Å². The van der Waals surface area contributed by atoms with Crippen molar-refractivity contribution in [2.75, 3.05) is 19.7 Å². The number of hydrogen-bond donors (Lipinski definition) is 1. The third-order valence-corrected chi connectivity index (χ3v) is 11.9. The Bertz CT molecular complexity index is 897. The average Bonchev–Trinajstić information content (AvgIpc) is 3.21. The first kappa shape index (κ1) is 26.5. The van der Waals surface area contributed by atoms with Gasteiger partial charge in [0.15, 0.2) is 0 Å². The molecule has 0 spiro atoms. The summed E-state index contributed by atoms with van der Waals surface area (Å²) in [7, 11) is -2.73. The van der Waals surface area contributed by atoms with Crippen molar-refractivity contribution in [2.45, 2.75) is 65.2 Å². The van der Waals surface area contributed by atoms with E-state index in [1.54, 1.807) is 4.90 Å². The maximum atomic E-state index is 12.8. The number of carbonyl (C=O) groups is 1. The number of nitrogens with zero attached hydrogens (tertiary/aromatic N) is 1. The number of hydrogen-bond acceptors (Lipinski definition) is 4. The predicted molar refractivity (Wildman–Crippen MR) is 140 cm³/mol. The highest BCUT2D eigenvalue weighted by atomic mass is 28.4. The zero-order valence-corrected chi connectivity index (χ0v) is 22.7. The lowest BCUT2D eigenvalue weighted by atomic mass is 9.92. The largest absolute Gasteiger partial charge is 0.444 e. The van der Waals surface area contributed by atoms with Gasteiger partial charge in [-0.2, -0.15) is 0 Å². The monoisotopic (exact) mass is 483 g/mol. The van der Waals surface area contributed by atoms with Crippen LogP contribution >= 0.6 is 0 Å². The van der Waals surface area contributed by atoms with Crippen molar-refractivity contribution < 1.29 is 19.1 Å². The third kappa shape index (κ3) is 5.56. The van der Waals surface area contributed by atoms with Crippen LogP contribution < -0.4 is 10.4 Å². The van der Waals surface area contributed by atoms with Gasteiger partial charge in [0.25, 0.3) is 8.32 Å². The molecule has 1 N–H and O–H groups in total. The molecule has 186 valence electrons. The van der Waals surface area contributed by atoms with Gasteiger partial charge in [0, 0.05) is 37.6 Å². The zero-order chi connectivity index (χ0) is 25.1. The quantitative estimate of drug-likeness (QED) is 0.618. The molecule has 1 aliphatic heterocycles. The predicted octanol–water partition coefficient (Wildman–Crippen LogP) is 4.43. The van der Waals surface area contributed by atoms with Gasteiger partial charge < -0.3 is 19.2 Å². The molecule has 1 saturated heterocycles. The van der Waals surface area contributed by atoms with Crippen LogP contribution in [-0.4, -0.2) is 55.8 Å². The smallest absolute Gasteiger partial charge is 0.410 e. The van der Waals surface area contributed by atoms with Crippen LogP contribution in [0.25, 0.3) is 0 Å². The van der Waals surface area contributed by atoms with Gasteiger partial charge in [0.1, 0.15) is 5.60 Å². The lowest BCUT2D eigenvalue weighted by Crippen LogP contribution is -2.68. The van der Waals surface area contributed by atoms with Gasteiger partial charge in [-0.1, -0.05) is 81.4 Å². The van der Waals surface area contributed by atoms with E-state index in [0.29, 0.717) is 13.1 Å². The van der Waals surface area contributed by atoms with Crippen LogP contribution in [0.5, 0.6) is 0 Å². The molecule has 0 aromatic heterocycles. The molecule has 1 fully saturated rings. The fourth-order valence-corrected chi connectivity index (χ4v) is 9.90. The van der Waals surface area contributed by atoms with Crippen molar-refractivity contribution in [3.63, 3.8) is 0 Å². The van der Waals surface area contributed by atoms with Crippen molar-refractivity contribution in [3.8, 4) is 0 Å². The molecule has 1 aliphatic rings. The topological polar surface area (TPSA) is 59.0 Å². The van der Waals surface area contributed by atoms with E-state index in [1.165, 1.54) is 10.4 Å². The number of carbonyl (C=O) groups excluding carboxylic acids is 1. The maximum absolute atomic E-state index is 12.8. The summed E-state index contributed by atoms with van der Waals surface area (Å²) in [6.07, 6.45) is -0.484. The molecule has 2 unspecified atom stereocenters. The van der Waals surface area contributed by atoms with E-state index in [4.69, 9.17) is 9.16 Å². The number of ether oxygens (including phenoxy) is 1. The fraction of sp³-hybridized carbons (Fsp3) is 0.536. The first-order valence-electron chi connectivity index (χ1n) is 12.3.